The maximum atomic E-state index is 11.8. The number of ether oxygens (including phenoxy) is 3. The molecule has 0 fully saturated rings. The van der Waals surface area contributed by atoms with E-state index in [1.54, 1.807) is 27.4 Å². The Bertz CT molecular complexity index is 721. The first-order valence-corrected chi connectivity index (χ1v) is 7.94. The zero-order valence-electron chi connectivity index (χ0n) is 13.6. The molecule has 2 rings (SSSR count). The topological polar surface area (TPSA) is 57.1 Å². The van der Waals surface area contributed by atoms with Crippen molar-refractivity contribution in [1.29, 1.82) is 0 Å². The number of carbonyl (C=O) groups is 1. The summed E-state index contributed by atoms with van der Waals surface area (Å²) in [5.74, 6) is 1.01. The average Bonchev–Trinajstić information content (AvgIpc) is 2.93. The van der Waals surface area contributed by atoms with E-state index in [0.717, 1.165) is 16.1 Å². The molecule has 2 aromatic rings. The van der Waals surface area contributed by atoms with Crippen LogP contribution in [-0.4, -0.2) is 33.0 Å². The minimum atomic E-state index is -0.303. The molecule has 5 nitrogen and oxygen atoms in total. The maximum absolute atomic E-state index is 11.8. The number of benzene rings is 1. The van der Waals surface area contributed by atoms with Gasteiger partial charge in [0.25, 0.3) is 0 Å². The van der Waals surface area contributed by atoms with Crippen molar-refractivity contribution < 1.29 is 19.0 Å². The fourth-order valence-electron chi connectivity index (χ4n) is 2.00. The lowest BCUT2D eigenvalue weighted by atomic mass is 10.2. The van der Waals surface area contributed by atoms with Crippen LogP contribution in [0.2, 0.25) is 0 Å². The van der Waals surface area contributed by atoms with Gasteiger partial charge < -0.3 is 14.2 Å². The standard InChI is InChI=1S/C17H19NO4S/c1-5-22-17(19)16-11(2)8-15(23-16)18-10-12-6-7-13(20-3)14(9-12)21-4/h6-10H,5H2,1-4H3. The van der Waals surface area contributed by atoms with Crippen LogP contribution in [0.3, 0.4) is 0 Å². The van der Waals surface area contributed by atoms with Crippen LogP contribution in [0, 0.1) is 6.92 Å². The van der Waals surface area contributed by atoms with Crippen molar-refractivity contribution in [3.8, 4) is 11.5 Å². The van der Waals surface area contributed by atoms with E-state index in [0.29, 0.717) is 23.0 Å². The predicted molar refractivity (Wildman–Crippen MR) is 91.8 cm³/mol. The van der Waals surface area contributed by atoms with Crippen LogP contribution in [-0.2, 0) is 4.74 Å². The van der Waals surface area contributed by atoms with Crippen molar-refractivity contribution in [2.75, 3.05) is 20.8 Å². The van der Waals surface area contributed by atoms with Crippen LogP contribution in [0.4, 0.5) is 5.00 Å². The Hall–Kier alpha value is -2.34. The van der Waals surface area contributed by atoms with Gasteiger partial charge in [0.15, 0.2) is 11.5 Å². The molecular formula is C17H19NO4S. The zero-order valence-corrected chi connectivity index (χ0v) is 14.4. The number of nitrogens with zero attached hydrogens (tertiary/aromatic N) is 1. The summed E-state index contributed by atoms with van der Waals surface area (Å²) >= 11 is 1.32. The summed E-state index contributed by atoms with van der Waals surface area (Å²) in [6, 6.07) is 7.42. The summed E-state index contributed by atoms with van der Waals surface area (Å²) in [5.41, 5.74) is 1.75. The normalized spacial score (nSPS) is 10.8. The Morgan fingerprint density at radius 1 is 1.22 bits per heavy atom. The molecule has 0 spiro atoms. The molecule has 0 aliphatic carbocycles. The lowest BCUT2D eigenvalue weighted by molar-refractivity contribution is 0.0531. The number of hydrogen-bond donors (Lipinski definition) is 0. The molecule has 0 unspecified atom stereocenters. The summed E-state index contributed by atoms with van der Waals surface area (Å²) in [4.78, 5) is 16.8. The van der Waals surface area contributed by atoms with Gasteiger partial charge >= 0.3 is 5.97 Å². The summed E-state index contributed by atoms with van der Waals surface area (Å²) in [5, 5.41) is 0.750. The van der Waals surface area contributed by atoms with Crippen LogP contribution in [0.1, 0.15) is 27.7 Å². The molecule has 0 aliphatic heterocycles. The summed E-state index contributed by atoms with van der Waals surface area (Å²) in [6.07, 6.45) is 1.72. The fraction of sp³-hybridized carbons (Fsp3) is 0.294. The highest BCUT2D eigenvalue weighted by atomic mass is 32.1. The molecule has 6 heteroatoms. The van der Waals surface area contributed by atoms with Gasteiger partial charge in [0.05, 0.1) is 20.8 Å². The van der Waals surface area contributed by atoms with Gasteiger partial charge in [-0.3, -0.25) is 0 Å². The molecular weight excluding hydrogens is 314 g/mol. The third-order valence-corrected chi connectivity index (χ3v) is 4.24. The highest BCUT2D eigenvalue weighted by Gasteiger charge is 2.14. The second kappa shape index (κ2) is 7.78. The third kappa shape index (κ3) is 4.10. The number of thiophene rings is 1. The maximum Gasteiger partial charge on any atom is 0.348 e. The number of hydrogen-bond acceptors (Lipinski definition) is 6. The van der Waals surface area contributed by atoms with Gasteiger partial charge in [0.1, 0.15) is 9.88 Å². The average molecular weight is 333 g/mol. The van der Waals surface area contributed by atoms with Crippen LogP contribution >= 0.6 is 11.3 Å². The molecule has 1 aromatic heterocycles. The Morgan fingerprint density at radius 3 is 2.61 bits per heavy atom. The molecule has 1 aromatic carbocycles. The summed E-state index contributed by atoms with van der Waals surface area (Å²) < 4.78 is 15.5. The number of esters is 1. The van der Waals surface area contributed by atoms with Crippen molar-refractivity contribution in [2.24, 2.45) is 4.99 Å². The minimum absolute atomic E-state index is 0.303. The number of carbonyl (C=O) groups excluding carboxylic acids is 1. The lowest BCUT2D eigenvalue weighted by Crippen LogP contribution is -2.03. The summed E-state index contributed by atoms with van der Waals surface area (Å²) in [7, 11) is 3.18. The summed E-state index contributed by atoms with van der Waals surface area (Å²) in [6.45, 7) is 4.02. The zero-order chi connectivity index (χ0) is 16.8. The predicted octanol–water partition coefficient (Wildman–Crippen LogP) is 4.00. The van der Waals surface area contributed by atoms with Gasteiger partial charge in [-0.05, 0) is 49.2 Å². The van der Waals surface area contributed by atoms with Crippen LogP contribution in [0.25, 0.3) is 0 Å². The Balaban J connectivity index is 2.20. The highest BCUT2D eigenvalue weighted by Crippen LogP contribution is 2.30. The molecule has 0 radical (unpaired) electrons. The quantitative estimate of drug-likeness (QED) is 0.592. The number of aryl methyl sites for hydroxylation is 1. The van der Waals surface area contributed by atoms with Gasteiger partial charge in [-0.1, -0.05) is 0 Å². The van der Waals surface area contributed by atoms with Crippen molar-refractivity contribution in [3.05, 3.63) is 40.3 Å². The lowest BCUT2D eigenvalue weighted by Gasteiger charge is -2.07. The van der Waals surface area contributed by atoms with Crippen molar-refractivity contribution >= 4 is 28.5 Å². The van der Waals surface area contributed by atoms with Crippen molar-refractivity contribution in [3.63, 3.8) is 0 Å². The second-order valence-corrected chi connectivity index (χ2v) is 5.72. The van der Waals surface area contributed by atoms with E-state index in [1.165, 1.54) is 11.3 Å². The van der Waals surface area contributed by atoms with Crippen molar-refractivity contribution in [2.45, 2.75) is 13.8 Å². The molecule has 0 bridgehead atoms. The van der Waals surface area contributed by atoms with E-state index in [-0.39, 0.29) is 5.97 Å². The highest BCUT2D eigenvalue weighted by molar-refractivity contribution is 7.17. The Kier molecular flexibility index (Phi) is 5.76. The van der Waals surface area contributed by atoms with Crippen LogP contribution in [0.5, 0.6) is 11.5 Å². The monoisotopic (exact) mass is 333 g/mol. The van der Waals surface area contributed by atoms with E-state index in [1.807, 2.05) is 31.2 Å². The van der Waals surface area contributed by atoms with E-state index in [9.17, 15) is 4.79 Å². The molecule has 0 saturated heterocycles. The molecule has 122 valence electrons. The van der Waals surface area contributed by atoms with E-state index >= 15 is 0 Å². The first-order chi connectivity index (χ1) is 11.1. The molecule has 0 saturated carbocycles. The van der Waals surface area contributed by atoms with E-state index < -0.39 is 0 Å². The second-order valence-electron chi connectivity index (χ2n) is 4.69. The van der Waals surface area contributed by atoms with Gasteiger partial charge in [-0.15, -0.1) is 11.3 Å². The molecule has 23 heavy (non-hydrogen) atoms. The van der Waals surface area contributed by atoms with Gasteiger partial charge in [-0.25, -0.2) is 9.79 Å². The SMILES string of the molecule is CCOC(=O)c1sc(N=Cc2ccc(OC)c(OC)c2)cc1C. The number of methoxy groups -OCH3 is 2. The Labute approximate surface area is 139 Å². The van der Waals surface area contributed by atoms with Gasteiger partial charge in [0, 0.05) is 6.21 Å². The fourth-order valence-corrected chi connectivity index (χ4v) is 2.91. The molecule has 0 N–H and O–H groups in total. The van der Waals surface area contributed by atoms with Gasteiger partial charge in [-0.2, -0.15) is 0 Å². The van der Waals surface area contributed by atoms with Crippen molar-refractivity contribution in [1.82, 2.24) is 0 Å². The van der Waals surface area contributed by atoms with Crippen LogP contribution < -0.4 is 9.47 Å². The van der Waals surface area contributed by atoms with E-state index in [2.05, 4.69) is 4.99 Å². The molecule has 1 heterocycles. The molecule has 0 atom stereocenters. The first kappa shape index (κ1) is 17.0. The third-order valence-electron chi connectivity index (χ3n) is 3.11. The number of aliphatic imine (C=N–C) groups is 1. The number of rotatable bonds is 6. The molecule has 0 amide bonds. The largest absolute Gasteiger partial charge is 0.493 e. The van der Waals surface area contributed by atoms with Gasteiger partial charge in [0.2, 0.25) is 0 Å². The molecule has 0 aliphatic rings. The Morgan fingerprint density at radius 2 is 1.96 bits per heavy atom. The smallest absolute Gasteiger partial charge is 0.348 e. The van der Waals surface area contributed by atoms with Crippen LogP contribution in [0.15, 0.2) is 29.3 Å². The minimum Gasteiger partial charge on any atom is -0.493 e. The van der Waals surface area contributed by atoms with E-state index in [4.69, 9.17) is 14.2 Å². The first-order valence-electron chi connectivity index (χ1n) is 7.12.